The molecule has 1 aromatic heterocycles. The van der Waals surface area contributed by atoms with Crippen molar-refractivity contribution in [2.75, 3.05) is 0 Å². The van der Waals surface area contributed by atoms with Crippen molar-refractivity contribution in [3.05, 3.63) is 48.2 Å². The molecule has 0 N–H and O–H groups in total. The summed E-state index contributed by atoms with van der Waals surface area (Å²) < 4.78 is 25.8. The summed E-state index contributed by atoms with van der Waals surface area (Å²) >= 11 is 0. The number of hydrogen-bond acceptors (Lipinski definition) is 2. The summed E-state index contributed by atoms with van der Waals surface area (Å²) in [7, 11) is 0. The number of aromatic nitrogens is 2. The van der Waals surface area contributed by atoms with E-state index in [1.165, 1.54) is 6.20 Å². The molecular formula is C10H5F2IrN2-. The largest absolute Gasteiger partial charge is 0.265 e. The van der Waals surface area contributed by atoms with E-state index in [0.717, 1.165) is 12.1 Å². The van der Waals surface area contributed by atoms with E-state index in [1.807, 2.05) is 0 Å². The second-order valence-corrected chi connectivity index (χ2v) is 2.65. The van der Waals surface area contributed by atoms with Crippen LogP contribution in [0.15, 0.2) is 30.5 Å². The van der Waals surface area contributed by atoms with Crippen molar-refractivity contribution in [3.63, 3.8) is 0 Å². The third-order valence-corrected chi connectivity index (χ3v) is 1.69. The van der Waals surface area contributed by atoms with Crippen LogP contribution < -0.4 is 0 Å². The summed E-state index contributed by atoms with van der Waals surface area (Å²) in [5, 5.41) is 7.29. The van der Waals surface area contributed by atoms with E-state index in [0.29, 0.717) is 5.69 Å². The molecule has 0 aliphatic rings. The molecule has 0 amide bonds. The van der Waals surface area contributed by atoms with Crippen LogP contribution in [0.25, 0.3) is 11.3 Å². The van der Waals surface area contributed by atoms with E-state index in [1.54, 1.807) is 12.1 Å². The van der Waals surface area contributed by atoms with Crippen LogP contribution in [-0.4, -0.2) is 10.2 Å². The maximum absolute atomic E-state index is 13.2. The number of halogens is 2. The molecular weight excluding hydrogens is 378 g/mol. The Kier molecular flexibility index (Phi) is 4.00. The van der Waals surface area contributed by atoms with E-state index in [-0.39, 0.29) is 25.7 Å². The van der Waals surface area contributed by atoms with Crippen molar-refractivity contribution in [2.45, 2.75) is 0 Å². The molecule has 0 unspecified atom stereocenters. The van der Waals surface area contributed by atoms with Crippen LogP contribution in [0.4, 0.5) is 8.78 Å². The first-order valence-corrected chi connectivity index (χ1v) is 3.92. The molecule has 0 saturated carbocycles. The van der Waals surface area contributed by atoms with Gasteiger partial charge in [0, 0.05) is 43.6 Å². The fourth-order valence-electron chi connectivity index (χ4n) is 1.08. The topological polar surface area (TPSA) is 25.8 Å². The Balaban J connectivity index is 0.00000112. The predicted molar refractivity (Wildman–Crippen MR) is 46.2 cm³/mol. The van der Waals surface area contributed by atoms with Gasteiger partial charge in [0.15, 0.2) is 0 Å². The van der Waals surface area contributed by atoms with Gasteiger partial charge in [0.25, 0.3) is 0 Å². The van der Waals surface area contributed by atoms with Gasteiger partial charge in [0.2, 0.25) is 0 Å². The Hall–Kier alpha value is -1.19. The zero-order chi connectivity index (χ0) is 9.97. The molecule has 0 aliphatic heterocycles. The molecule has 2 aromatic rings. The third kappa shape index (κ3) is 2.64. The first kappa shape index (κ1) is 11.9. The quantitative estimate of drug-likeness (QED) is 0.706. The number of rotatable bonds is 1. The summed E-state index contributed by atoms with van der Waals surface area (Å²) in [6, 6.07) is 7.53. The Morgan fingerprint density at radius 3 is 2.67 bits per heavy atom. The summed E-state index contributed by atoms with van der Waals surface area (Å²) in [4.78, 5) is 0. The zero-order valence-electron chi connectivity index (χ0n) is 7.37. The molecule has 1 aromatic carbocycles. The van der Waals surface area contributed by atoms with Gasteiger partial charge >= 0.3 is 0 Å². The van der Waals surface area contributed by atoms with Gasteiger partial charge in [-0.25, -0.2) is 5.10 Å². The molecule has 2 nitrogen and oxygen atoms in total. The first-order chi connectivity index (χ1) is 6.77. The second-order valence-electron chi connectivity index (χ2n) is 2.65. The summed E-state index contributed by atoms with van der Waals surface area (Å²) in [5.41, 5.74) is 0.463. The van der Waals surface area contributed by atoms with Gasteiger partial charge in [-0.05, 0) is 6.07 Å². The fraction of sp³-hybridized carbons (Fsp3) is 0. The van der Waals surface area contributed by atoms with E-state index >= 15 is 0 Å². The van der Waals surface area contributed by atoms with Crippen molar-refractivity contribution in [2.24, 2.45) is 0 Å². The predicted octanol–water partition coefficient (Wildman–Crippen LogP) is 2.22. The number of benzene rings is 1. The zero-order valence-corrected chi connectivity index (χ0v) is 9.77. The Morgan fingerprint density at radius 2 is 2.07 bits per heavy atom. The number of hydrogen-bond donors (Lipinski definition) is 0. The molecule has 0 fully saturated rings. The van der Waals surface area contributed by atoms with Crippen molar-refractivity contribution in [1.29, 1.82) is 0 Å². The third-order valence-electron chi connectivity index (χ3n) is 1.69. The number of nitrogens with zero attached hydrogens (tertiary/aromatic N) is 2. The summed E-state index contributed by atoms with van der Waals surface area (Å²) in [5.74, 6) is -1.35. The molecule has 1 radical (unpaired) electrons. The van der Waals surface area contributed by atoms with Crippen molar-refractivity contribution < 1.29 is 28.9 Å². The first-order valence-electron chi connectivity index (χ1n) is 3.92. The fourth-order valence-corrected chi connectivity index (χ4v) is 1.08. The maximum atomic E-state index is 13.2. The minimum atomic E-state index is -0.689. The van der Waals surface area contributed by atoms with Gasteiger partial charge < -0.3 is 0 Å². The van der Waals surface area contributed by atoms with Crippen molar-refractivity contribution in [3.8, 4) is 11.3 Å². The molecule has 79 valence electrons. The average Bonchev–Trinajstić information content (AvgIpc) is 2.19. The van der Waals surface area contributed by atoms with Crippen molar-refractivity contribution in [1.82, 2.24) is 10.2 Å². The Morgan fingerprint density at radius 1 is 1.27 bits per heavy atom. The van der Waals surface area contributed by atoms with Gasteiger partial charge in [-0.2, -0.15) is 5.10 Å². The van der Waals surface area contributed by atoms with Crippen LogP contribution in [0.1, 0.15) is 0 Å². The Labute approximate surface area is 98.7 Å². The molecule has 2 rings (SSSR count). The standard InChI is InChI=1S/C10H5F2N2.Ir/c11-7-3-4-8(9(12)6-7)10-2-1-5-13-14-10;/h1-3,5-6H;/q-1;. The molecule has 0 atom stereocenters. The van der Waals surface area contributed by atoms with Crippen LogP contribution in [0, 0.1) is 17.7 Å². The maximum Gasteiger partial charge on any atom is 0.0479 e. The average molecular weight is 383 g/mol. The molecule has 1 heterocycles. The van der Waals surface area contributed by atoms with E-state index in [2.05, 4.69) is 16.3 Å². The monoisotopic (exact) mass is 384 g/mol. The van der Waals surface area contributed by atoms with E-state index < -0.39 is 11.6 Å². The van der Waals surface area contributed by atoms with E-state index in [4.69, 9.17) is 0 Å². The summed E-state index contributed by atoms with van der Waals surface area (Å²) in [6.07, 6.45) is 1.48. The van der Waals surface area contributed by atoms with Gasteiger partial charge in [-0.15, -0.1) is 12.1 Å². The second kappa shape index (κ2) is 5.05. The molecule has 15 heavy (non-hydrogen) atoms. The normalized spacial score (nSPS) is 9.47. The van der Waals surface area contributed by atoms with Crippen LogP contribution in [0.2, 0.25) is 0 Å². The van der Waals surface area contributed by atoms with Crippen molar-refractivity contribution >= 4 is 0 Å². The van der Waals surface area contributed by atoms with Crippen LogP contribution in [-0.2, 0) is 20.1 Å². The van der Waals surface area contributed by atoms with Gasteiger partial charge in [0.05, 0.1) is 0 Å². The van der Waals surface area contributed by atoms with Gasteiger partial charge in [-0.3, -0.25) is 8.78 Å². The molecule has 0 saturated heterocycles. The van der Waals surface area contributed by atoms with Crippen LogP contribution in [0.5, 0.6) is 0 Å². The molecule has 0 aliphatic carbocycles. The SMILES string of the molecule is Fc1c[c-]c(-c2cccnn2)c(F)c1.[Ir]. The molecule has 0 bridgehead atoms. The minimum absolute atomic E-state index is 0. The Bertz CT molecular complexity index is 448. The smallest absolute Gasteiger partial charge is 0.0479 e. The van der Waals surface area contributed by atoms with E-state index in [9.17, 15) is 8.78 Å². The molecule has 5 heteroatoms. The molecule has 0 spiro atoms. The summed E-state index contributed by atoms with van der Waals surface area (Å²) in [6.45, 7) is 0. The van der Waals surface area contributed by atoms with Gasteiger partial charge in [-0.1, -0.05) is 17.7 Å². The minimum Gasteiger partial charge on any atom is -0.265 e. The van der Waals surface area contributed by atoms with Crippen LogP contribution in [0.3, 0.4) is 0 Å². The van der Waals surface area contributed by atoms with Gasteiger partial charge in [0.1, 0.15) is 0 Å². The van der Waals surface area contributed by atoms with Crippen LogP contribution >= 0.6 is 0 Å².